The Bertz CT molecular complexity index is 641. The van der Waals surface area contributed by atoms with E-state index in [-0.39, 0.29) is 0 Å². The van der Waals surface area contributed by atoms with Gasteiger partial charge in [0.15, 0.2) is 0 Å². The monoisotopic (exact) mass is 402 g/mol. The Hall–Kier alpha value is -1.53. The molecule has 0 heterocycles. The minimum absolute atomic E-state index is 0.443. The zero-order valence-corrected chi connectivity index (χ0v) is 14.7. The molecule has 0 aromatic heterocycles. The average Bonchev–Trinajstić information content (AvgIpc) is 2.58. The van der Waals surface area contributed by atoms with E-state index in [1.807, 2.05) is 0 Å². The van der Waals surface area contributed by atoms with Gasteiger partial charge in [0.25, 0.3) is 0 Å². The predicted molar refractivity (Wildman–Crippen MR) is 90.6 cm³/mol. The lowest BCUT2D eigenvalue weighted by atomic mass is 9.99. The number of hydrogen-bond donors (Lipinski definition) is 0. The topological polar surface area (TPSA) is 18.5 Å². The molecule has 0 saturated carbocycles. The maximum Gasteiger partial charge on any atom is 0.416 e. The number of alkyl halides is 4. The zero-order chi connectivity index (χ0) is 17.6. The molecule has 0 fully saturated rings. The summed E-state index contributed by atoms with van der Waals surface area (Å²) >= 11 is 3.32. The highest BCUT2D eigenvalue weighted by atomic mass is 79.9. The highest BCUT2D eigenvalue weighted by Gasteiger charge is 2.31. The van der Waals surface area contributed by atoms with Gasteiger partial charge in [0.1, 0.15) is 11.9 Å². The smallest absolute Gasteiger partial charge is 0.416 e. The van der Waals surface area contributed by atoms with E-state index in [1.165, 1.54) is 6.07 Å². The van der Waals surface area contributed by atoms with Crippen molar-refractivity contribution in [1.82, 2.24) is 0 Å². The Morgan fingerprint density at radius 2 is 1.75 bits per heavy atom. The quantitative estimate of drug-likeness (QED) is 0.442. The third kappa shape index (κ3) is 4.98. The van der Waals surface area contributed by atoms with Crippen LogP contribution in [0.15, 0.2) is 48.5 Å². The van der Waals surface area contributed by atoms with Crippen molar-refractivity contribution in [2.75, 3.05) is 19.0 Å². The predicted octanol–water partition coefficient (Wildman–Crippen LogP) is 5.61. The molecule has 0 aliphatic heterocycles. The molecule has 0 radical (unpaired) electrons. The largest absolute Gasteiger partial charge is 0.497 e. The number of hydrogen-bond acceptors (Lipinski definition) is 2. The van der Waals surface area contributed by atoms with E-state index in [1.54, 1.807) is 37.4 Å². The van der Waals surface area contributed by atoms with E-state index in [4.69, 9.17) is 9.47 Å². The van der Waals surface area contributed by atoms with Crippen LogP contribution in [0.1, 0.15) is 29.2 Å². The summed E-state index contributed by atoms with van der Waals surface area (Å²) < 4.78 is 49.9. The molecule has 1 unspecified atom stereocenters. The van der Waals surface area contributed by atoms with Crippen molar-refractivity contribution in [2.24, 2.45) is 0 Å². The van der Waals surface area contributed by atoms with Crippen LogP contribution in [-0.2, 0) is 10.9 Å². The molecule has 2 aromatic rings. The van der Waals surface area contributed by atoms with Gasteiger partial charge in [-0.1, -0.05) is 40.2 Å². The fraction of sp³-hybridized carbons (Fsp3) is 0.333. The molecule has 0 N–H and O–H groups in total. The number of methoxy groups -OCH3 is 1. The normalized spacial score (nSPS) is 12.9. The third-order valence-corrected chi connectivity index (χ3v) is 4.06. The third-order valence-electron chi connectivity index (χ3n) is 3.50. The Morgan fingerprint density at radius 1 is 1.04 bits per heavy atom. The molecule has 0 aliphatic rings. The number of benzene rings is 2. The van der Waals surface area contributed by atoms with Crippen LogP contribution in [-0.4, -0.2) is 19.0 Å². The highest BCUT2D eigenvalue weighted by molar-refractivity contribution is 9.09. The first-order chi connectivity index (χ1) is 11.5. The van der Waals surface area contributed by atoms with Crippen molar-refractivity contribution < 1.29 is 22.6 Å². The molecule has 2 nitrogen and oxygen atoms in total. The van der Waals surface area contributed by atoms with E-state index >= 15 is 0 Å². The lowest BCUT2D eigenvalue weighted by molar-refractivity contribution is -0.137. The summed E-state index contributed by atoms with van der Waals surface area (Å²) in [5.41, 5.74) is 0.580. The van der Waals surface area contributed by atoms with E-state index < -0.39 is 17.8 Å². The van der Waals surface area contributed by atoms with Crippen LogP contribution < -0.4 is 4.74 Å². The van der Waals surface area contributed by atoms with Gasteiger partial charge in [0, 0.05) is 11.9 Å². The van der Waals surface area contributed by atoms with Gasteiger partial charge < -0.3 is 9.47 Å². The second-order valence-electron chi connectivity index (χ2n) is 5.19. The van der Waals surface area contributed by atoms with Gasteiger partial charge in [-0.15, -0.1) is 0 Å². The van der Waals surface area contributed by atoms with Crippen molar-refractivity contribution in [1.29, 1.82) is 0 Å². The fourth-order valence-electron chi connectivity index (χ4n) is 2.30. The van der Waals surface area contributed by atoms with Gasteiger partial charge in [-0.05, 0) is 41.8 Å². The van der Waals surface area contributed by atoms with Crippen LogP contribution in [0.2, 0.25) is 0 Å². The zero-order valence-electron chi connectivity index (χ0n) is 13.1. The second-order valence-corrected chi connectivity index (χ2v) is 5.98. The van der Waals surface area contributed by atoms with Gasteiger partial charge in [-0.2, -0.15) is 13.2 Å². The first kappa shape index (κ1) is 18.8. The van der Waals surface area contributed by atoms with Crippen molar-refractivity contribution >= 4 is 15.9 Å². The van der Waals surface area contributed by atoms with Crippen LogP contribution in [0.5, 0.6) is 5.75 Å². The molecule has 1 atom stereocenters. The SMILES string of the molecule is COc1ccc(C(OCCCBr)c2cccc(C(F)(F)F)c2)cc1. The molecule has 130 valence electrons. The van der Waals surface area contributed by atoms with Gasteiger partial charge in [0.05, 0.1) is 12.7 Å². The first-order valence-corrected chi connectivity index (χ1v) is 8.56. The molecular weight excluding hydrogens is 385 g/mol. The van der Waals surface area contributed by atoms with Crippen molar-refractivity contribution in [3.05, 3.63) is 65.2 Å². The first-order valence-electron chi connectivity index (χ1n) is 7.44. The lowest BCUT2D eigenvalue weighted by Crippen LogP contribution is -2.11. The molecule has 6 heteroatoms. The molecule has 2 aromatic carbocycles. The van der Waals surface area contributed by atoms with Crippen LogP contribution in [0.25, 0.3) is 0 Å². The summed E-state index contributed by atoms with van der Waals surface area (Å²) in [7, 11) is 1.56. The van der Waals surface area contributed by atoms with Crippen molar-refractivity contribution in [2.45, 2.75) is 18.7 Å². The number of ether oxygens (including phenoxy) is 2. The molecular formula is C18H18BrF3O2. The van der Waals surface area contributed by atoms with Gasteiger partial charge in [-0.25, -0.2) is 0 Å². The summed E-state index contributed by atoms with van der Waals surface area (Å²) in [6, 6.07) is 12.4. The fourth-order valence-corrected chi connectivity index (χ4v) is 2.53. The molecule has 0 amide bonds. The van der Waals surface area contributed by atoms with E-state index in [0.29, 0.717) is 17.9 Å². The summed E-state index contributed by atoms with van der Waals surface area (Å²) in [6.45, 7) is 0.443. The molecule has 2 rings (SSSR count). The average molecular weight is 403 g/mol. The van der Waals surface area contributed by atoms with Crippen molar-refractivity contribution in [3.8, 4) is 5.75 Å². The van der Waals surface area contributed by atoms with Crippen LogP contribution in [0.4, 0.5) is 13.2 Å². The Balaban J connectivity index is 2.34. The molecule has 0 spiro atoms. The summed E-state index contributed by atoms with van der Waals surface area (Å²) in [5, 5.41) is 0.769. The van der Waals surface area contributed by atoms with Gasteiger partial charge in [-0.3, -0.25) is 0 Å². The molecule has 0 bridgehead atoms. The van der Waals surface area contributed by atoms with Crippen molar-refractivity contribution in [3.63, 3.8) is 0 Å². The maximum absolute atomic E-state index is 13.0. The Kier molecular flexibility index (Phi) is 6.69. The van der Waals surface area contributed by atoms with E-state index in [0.717, 1.165) is 29.4 Å². The molecule has 0 saturated heterocycles. The molecule has 24 heavy (non-hydrogen) atoms. The van der Waals surface area contributed by atoms with E-state index in [2.05, 4.69) is 15.9 Å². The lowest BCUT2D eigenvalue weighted by Gasteiger charge is -2.20. The minimum Gasteiger partial charge on any atom is -0.497 e. The van der Waals surface area contributed by atoms with Crippen LogP contribution in [0, 0.1) is 0 Å². The van der Waals surface area contributed by atoms with Gasteiger partial charge >= 0.3 is 6.18 Å². The minimum atomic E-state index is -4.38. The van der Waals surface area contributed by atoms with Crippen LogP contribution >= 0.6 is 15.9 Å². The summed E-state index contributed by atoms with van der Waals surface area (Å²) in [4.78, 5) is 0. The highest BCUT2D eigenvalue weighted by Crippen LogP contribution is 2.34. The molecule has 0 aliphatic carbocycles. The number of halogens is 4. The summed E-state index contributed by atoms with van der Waals surface area (Å²) in [5.74, 6) is 0.682. The summed E-state index contributed by atoms with van der Waals surface area (Å²) in [6.07, 6.45) is -4.17. The van der Waals surface area contributed by atoms with Gasteiger partial charge in [0.2, 0.25) is 0 Å². The standard InChI is InChI=1S/C18H18BrF3O2/c1-23-16-8-6-13(7-9-16)17(24-11-3-10-19)14-4-2-5-15(12-14)18(20,21)22/h2,4-9,12,17H,3,10-11H2,1H3. The van der Waals surface area contributed by atoms with E-state index in [9.17, 15) is 13.2 Å². The Morgan fingerprint density at radius 3 is 2.33 bits per heavy atom. The Labute approximate surface area is 147 Å². The van der Waals surface area contributed by atoms with Crippen LogP contribution in [0.3, 0.4) is 0 Å². The maximum atomic E-state index is 13.0. The number of rotatable bonds is 7. The second kappa shape index (κ2) is 8.53.